The Labute approximate surface area is 566 Å². The van der Waals surface area contributed by atoms with Crippen LogP contribution in [0.4, 0.5) is 0 Å². The first-order chi connectivity index (χ1) is 48.4. The molecule has 3 aromatic heterocycles. The second-order valence-corrected chi connectivity index (χ2v) is 24.4. The standard InChI is InChI=1S/C90H54N8/c91-55-58-29-33-64(34-30-58)74-43-37-70(53-86(74)97-82-45-39-66(60-17-5-1-6-18-60)49-78(82)79-50-67(40-46-83(79)97)61-19-7-2-8-20-61)88-94-89(96-90(95-88)77-28-16-15-27-76(77)73-26-14-13-25-72(73)57-93)71-38-44-75(65-35-31-59(56-92)32-36-65)87(54-71)98-84-47-41-68(62-21-9-3-10-22-62)51-80(84)81-52-69(42-48-85(81)98)63-23-11-4-12-24-63/h1-54H. The molecule has 8 nitrogen and oxygen atoms in total. The average molecular weight is 1250 g/mol. The van der Waals surface area contributed by atoms with E-state index in [1.54, 1.807) is 0 Å². The molecule has 17 aromatic rings. The molecule has 0 fully saturated rings. The second-order valence-electron chi connectivity index (χ2n) is 24.4. The van der Waals surface area contributed by atoms with Crippen molar-refractivity contribution in [2.24, 2.45) is 0 Å². The summed E-state index contributed by atoms with van der Waals surface area (Å²) in [6, 6.07) is 120. The Morgan fingerprint density at radius 1 is 0.214 bits per heavy atom. The summed E-state index contributed by atoms with van der Waals surface area (Å²) in [5, 5.41) is 35.1. The molecule has 0 radical (unpaired) electrons. The second kappa shape index (κ2) is 24.6. The van der Waals surface area contributed by atoms with Crippen LogP contribution in [0, 0.1) is 34.0 Å². The van der Waals surface area contributed by atoms with E-state index in [1.807, 2.05) is 121 Å². The fourth-order valence-electron chi connectivity index (χ4n) is 13.9. The molecule has 3 heterocycles. The van der Waals surface area contributed by atoms with Crippen LogP contribution < -0.4 is 0 Å². The van der Waals surface area contributed by atoms with E-state index in [9.17, 15) is 15.8 Å². The van der Waals surface area contributed by atoms with Crippen LogP contribution in [0.15, 0.2) is 328 Å². The van der Waals surface area contributed by atoms with Crippen molar-refractivity contribution in [2.45, 2.75) is 0 Å². The number of hydrogen-bond acceptors (Lipinski definition) is 6. The Hall–Kier alpha value is -13.8. The third-order valence-electron chi connectivity index (χ3n) is 18.7. The molecule has 0 aliphatic carbocycles. The predicted molar refractivity (Wildman–Crippen MR) is 397 cm³/mol. The molecule has 0 amide bonds. The molecule has 0 saturated heterocycles. The molecule has 8 heteroatoms. The van der Waals surface area contributed by atoms with E-state index in [0.717, 1.165) is 150 Å². The van der Waals surface area contributed by atoms with Gasteiger partial charge in [-0.3, -0.25) is 0 Å². The fourth-order valence-corrected chi connectivity index (χ4v) is 13.9. The third kappa shape index (κ3) is 10.4. The van der Waals surface area contributed by atoms with Crippen molar-refractivity contribution in [2.75, 3.05) is 0 Å². The monoisotopic (exact) mass is 1250 g/mol. The molecule has 0 aliphatic rings. The van der Waals surface area contributed by atoms with Gasteiger partial charge >= 0.3 is 0 Å². The van der Waals surface area contributed by atoms with Gasteiger partial charge in [0.2, 0.25) is 0 Å². The number of rotatable bonds is 12. The molecule has 0 N–H and O–H groups in total. The molecular formula is C90H54N8. The summed E-state index contributed by atoms with van der Waals surface area (Å²) in [6.45, 7) is 0. The van der Waals surface area contributed by atoms with Crippen molar-refractivity contribution in [3.8, 4) is 142 Å². The summed E-state index contributed by atoms with van der Waals surface area (Å²) in [6.07, 6.45) is 0. The highest BCUT2D eigenvalue weighted by Gasteiger charge is 2.25. The maximum Gasteiger partial charge on any atom is 0.164 e. The number of nitriles is 3. The molecule has 0 bridgehead atoms. The minimum Gasteiger partial charge on any atom is -0.309 e. The number of fused-ring (bicyclic) bond motifs is 6. The Balaban J connectivity index is 0.928. The van der Waals surface area contributed by atoms with Crippen LogP contribution in [-0.4, -0.2) is 24.1 Å². The molecule has 17 rings (SSSR count). The first kappa shape index (κ1) is 58.0. The van der Waals surface area contributed by atoms with Gasteiger partial charge in [-0.1, -0.05) is 237 Å². The van der Waals surface area contributed by atoms with Crippen molar-refractivity contribution in [1.29, 1.82) is 15.8 Å². The summed E-state index contributed by atoms with van der Waals surface area (Å²) in [5.74, 6) is 1.27. The van der Waals surface area contributed by atoms with E-state index >= 15 is 0 Å². The zero-order chi connectivity index (χ0) is 65.6. The lowest BCUT2D eigenvalue weighted by atomic mass is 9.95. The minimum atomic E-state index is 0.418. The minimum absolute atomic E-state index is 0.418. The largest absolute Gasteiger partial charge is 0.309 e. The molecule has 0 saturated carbocycles. The highest BCUT2D eigenvalue weighted by Crippen LogP contribution is 2.45. The zero-order valence-electron chi connectivity index (χ0n) is 52.8. The van der Waals surface area contributed by atoms with Gasteiger partial charge in [0.25, 0.3) is 0 Å². The number of aromatic nitrogens is 5. The fraction of sp³-hybridized carbons (Fsp3) is 0. The van der Waals surface area contributed by atoms with Crippen molar-refractivity contribution >= 4 is 43.6 Å². The Bertz CT molecular complexity index is 5590. The van der Waals surface area contributed by atoms with Gasteiger partial charge in [-0.15, -0.1) is 0 Å². The highest BCUT2D eigenvalue weighted by molar-refractivity contribution is 6.14. The van der Waals surface area contributed by atoms with Crippen LogP contribution >= 0.6 is 0 Å². The lowest BCUT2D eigenvalue weighted by Gasteiger charge is -2.18. The van der Waals surface area contributed by atoms with Crippen LogP contribution in [0.3, 0.4) is 0 Å². The summed E-state index contributed by atoms with van der Waals surface area (Å²) in [4.78, 5) is 16.6. The van der Waals surface area contributed by atoms with Crippen LogP contribution in [0.25, 0.3) is 167 Å². The average Bonchev–Trinajstić information content (AvgIpc) is 1.51. The van der Waals surface area contributed by atoms with Gasteiger partial charge in [0, 0.05) is 54.9 Å². The number of nitrogens with zero attached hydrogens (tertiary/aromatic N) is 8. The highest BCUT2D eigenvalue weighted by atomic mass is 15.0. The lowest BCUT2D eigenvalue weighted by Crippen LogP contribution is -2.04. The molecule has 0 atom stereocenters. The van der Waals surface area contributed by atoms with Crippen molar-refractivity contribution in [1.82, 2.24) is 24.1 Å². The van der Waals surface area contributed by atoms with Gasteiger partial charge in [-0.2, -0.15) is 15.8 Å². The zero-order valence-corrected chi connectivity index (χ0v) is 52.8. The Kier molecular flexibility index (Phi) is 14.5. The first-order valence-corrected chi connectivity index (χ1v) is 32.5. The Morgan fingerprint density at radius 2 is 0.520 bits per heavy atom. The van der Waals surface area contributed by atoms with Gasteiger partial charge in [-0.25, -0.2) is 15.0 Å². The number of hydrogen-bond donors (Lipinski definition) is 0. The SMILES string of the molecule is N#Cc1ccc(-c2ccc(-c3nc(-c4ccc(-c5ccc(C#N)cc5)c(-n5c6ccc(-c7ccccc7)cc6c6cc(-c7ccccc7)ccc65)c4)nc(-c4ccccc4-c4ccccc4C#N)n3)cc2-n2c3ccc(-c4ccccc4)cc3c3cc(-c4ccccc4)ccc32)cc1. The van der Waals surface area contributed by atoms with Crippen molar-refractivity contribution in [3.05, 3.63) is 344 Å². The third-order valence-corrected chi connectivity index (χ3v) is 18.7. The molecule has 0 unspecified atom stereocenters. The molecule has 454 valence electrons. The lowest BCUT2D eigenvalue weighted by molar-refractivity contribution is 1.07. The summed E-state index contributed by atoms with van der Waals surface area (Å²) < 4.78 is 4.71. The van der Waals surface area contributed by atoms with Crippen LogP contribution in [-0.2, 0) is 0 Å². The smallest absolute Gasteiger partial charge is 0.164 e. The van der Waals surface area contributed by atoms with Crippen molar-refractivity contribution in [3.63, 3.8) is 0 Å². The van der Waals surface area contributed by atoms with Gasteiger partial charge in [0.15, 0.2) is 17.5 Å². The van der Waals surface area contributed by atoms with Gasteiger partial charge in [0.1, 0.15) is 0 Å². The topological polar surface area (TPSA) is 120 Å². The first-order valence-electron chi connectivity index (χ1n) is 32.5. The molecule has 98 heavy (non-hydrogen) atoms. The quantitative estimate of drug-likeness (QED) is 0.120. The maximum absolute atomic E-state index is 10.6. The molecule has 14 aromatic carbocycles. The maximum atomic E-state index is 10.6. The molecule has 0 aliphatic heterocycles. The Morgan fingerprint density at radius 3 is 0.878 bits per heavy atom. The van der Waals surface area contributed by atoms with Gasteiger partial charge < -0.3 is 9.13 Å². The van der Waals surface area contributed by atoms with Crippen LogP contribution in [0.5, 0.6) is 0 Å². The van der Waals surface area contributed by atoms with E-state index in [4.69, 9.17) is 15.0 Å². The van der Waals surface area contributed by atoms with Crippen LogP contribution in [0.2, 0.25) is 0 Å². The van der Waals surface area contributed by atoms with Crippen LogP contribution in [0.1, 0.15) is 16.7 Å². The molecular weight excluding hydrogens is 1190 g/mol. The summed E-state index contributed by atoms with van der Waals surface area (Å²) in [5.41, 5.74) is 23.8. The van der Waals surface area contributed by atoms with E-state index in [0.29, 0.717) is 34.2 Å². The van der Waals surface area contributed by atoms with Gasteiger partial charge in [0.05, 0.1) is 68.3 Å². The molecule has 0 spiro atoms. The van der Waals surface area contributed by atoms with E-state index < -0.39 is 0 Å². The predicted octanol–water partition coefficient (Wildman–Crippen LogP) is 22.4. The normalized spacial score (nSPS) is 11.2. The van der Waals surface area contributed by atoms with E-state index in [2.05, 4.69) is 234 Å². The summed E-state index contributed by atoms with van der Waals surface area (Å²) >= 11 is 0. The summed E-state index contributed by atoms with van der Waals surface area (Å²) in [7, 11) is 0. The number of benzene rings is 14. The van der Waals surface area contributed by atoms with E-state index in [1.165, 1.54) is 0 Å². The van der Waals surface area contributed by atoms with Gasteiger partial charge in [-0.05, 0) is 152 Å². The van der Waals surface area contributed by atoms with Crippen molar-refractivity contribution < 1.29 is 0 Å². The van der Waals surface area contributed by atoms with E-state index in [-0.39, 0.29) is 0 Å².